The molecular formula is C28H14Cl2N2O5. The molecule has 0 unspecified atom stereocenters. The van der Waals surface area contributed by atoms with Crippen molar-refractivity contribution in [3.8, 4) is 11.5 Å². The van der Waals surface area contributed by atoms with Gasteiger partial charge in [0, 0.05) is 10.0 Å². The molecule has 0 atom stereocenters. The molecule has 180 valence electrons. The Balaban J connectivity index is 1.44. The van der Waals surface area contributed by atoms with Crippen LogP contribution in [0.2, 0.25) is 10.0 Å². The van der Waals surface area contributed by atoms with E-state index in [-0.39, 0.29) is 55.2 Å². The number of imide groups is 2. The number of hydrogen-bond donors (Lipinski definition) is 0. The van der Waals surface area contributed by atoms with Crippen molar-refractivity contribution < 1.29 is 23.9 Å². The van der Waals surface area contributed by atoms with Gasteiger partial charge in [0.25, 0.3) is 23.6 Å². The molecule has 2 aliphatic rings. The van der Waals surface area contributed by atoms with Gasteiger partial charge in [-0.15, -0.1) is 0 Å². The third-order valence-electron chi connectivity index (χ3n) is 6.13. The van der Waals surface area contributed by atoms with Crippen LogP contribution in [0.1, 0.15) is 41.4 Å². The van der Waals surface area contributed by atoms with Gasteiger partial charge in [0.1, 0.15) is 0 Å². The molecule has 0 bridgehead atoms. The maximum atomic E-state index is 13.1. The van der Waals surface area contributed by atoms with Crippen LogP contribution in [-0.2, 0) is 0 Å². The largest absolute Gasteiger partial charge is 0.453 e. The maximum Gasteiger partial charge on any atom is 0.266 e. The molecule has 0 saturated heterocycles. The number of nitrogens with zero attached hydrogens (tertiary/aromatic N) is 2. The van der Waals surface area contributed by atoms with Gasteiger partial charge >= 0.3 is 0 Å². The van der Waals surface area contributed by atoms with Crippen molar-refractivity contribution in [1.82, 2.24) is 0 Å². The first-order valence-corrected chi connectivity index (χ1v) is 11.8. The summed E-state index contributed by atoms with van der Waals surface area (Å²) in [5, 5.41) is 0.547. The molecule has 37 heavy (non-hydrogen) atoms. The number of carbonyl (C=O) groups excluding carboxylic acids is 4. The lowest BCUT2D eigenvalue weighted by molar-refractivity contribution is 0.0910. The Morgan fingerprint density at radius 1 is 0.486 bits per heavy atom. The fourth-order valence-electron chi connectivity index (χ4n) is 4.44. The first-order chi connectivity index (χ1) is 17.8. The number of benzene rings is 4. The normalized spacial score (nSPS) is 14.3. The van der Waals surface area contributed by atoms with Gasteiger partial charge in [-0.05, 0) is 60.7 Å². The van der Waals surface area contributed by atoms with Crippen LogP contribution >= 0.6 is 23.2 Å². The van der Waals surface area contributed by atoms with E-state index in [1.807, 2.05) is 0 Å². The summed E-state index contributed by atoms with van der Waals surface area (Å²) in [5.41, 5.74) is 1.27. The quantitative estimate of drug-likeness (QED) is 0.286. The highest BCUT2D eigenvalue weighted by Gasteiger charge is 2.40. The molecule has 0 N–H and O–H groups in total. The van der Waals surface area contributed by atoms with Gasteiger partial charge < -0.3 is 4.74 Å². The highest BCUT2D eigenvalue weighted by Crippen LogP contribution is 2.43. The van der Waals surface area contributed by atoms with E-state index < -0.39 is 23.6 Å². The van der Waals surface area contributed by atoms with Crippen molar-refractivity contribution in [2.45, 2.75) is 0 Å². The molecular weight excluding hydrogens is 515 g/mol. The second-order valence-electron chi connectivity index (χ2n) is 8.31. The van der Waals surface area contributed by atoms with E-state index in [0.717, 1.165) is 9.80 Å². The third kappa shape index (κ3) is 3.59. The minimum Gasteiger partial charge on any atom is -0.453 e. The first kappa shape index (κ1) is 23.0. The van der Waals surface area contributed by atoms with Gasteiger partial charge in [-0.2, -0.15) is 0 Å². The number of hydrogen-bond acceptors (Lipinski definition) is 5. The molecule has 4 amide bonds. The van der Waals surface area contributed by atoms with Crippen LogP contribution in [-0.4, -0.2) is 23.6 Å². The number of carbonyl (C=O) groups is 4. The molecule has 0 radical (unpaired) electrons. The van der Waals surface area contributed by atoms with Crippen LogP contribution in [0.5, 0.6) is 11.5 Å². The summed E-state index contributed by atoms with van der Waals surface area (Å²) < 4.78 is 6.16. The van der Waals surface area contributed by atoms with Gasteiger partial charge in [0.15, 0.2) is 11.5 Å². The van der Waals surface area contributed by atoms with E-state index in [4.69, 9.17) is 27.9 Å². The summed E-state index contributed by atoms with van der Waals surface area (Å²) in [6, 6.07) is 21.9. The van der Waals surface area contributed by atoms with Gasteiger partial charge in [0.2, 0.25) is 0 Å². The number of rotatable bonds is 4. The van der Waals surface area contributed by atoms with Crippen LogP contribution in [0.4, 0.5) is 11.4 Å². The van der Waals surface area contributed by atoms with E-state index in [9.17, 15) is 19.2 Å². The lowest BCUT2D eigenvalue weighted by Gasteiger charge is -2.22. The molecule has 6 rings (SSSR count). The number of anilines is 2. The Kier molecular flexibility index (Phi) is 5.33. The Hall–Kier alpha value is -4.46. The van der Waals surface area contributed by atoms with Gasteiger partial charge in [-0.25, -0.2) is 9.80 Å². The van der Waals surface area contributed by atoms with Crippen molar-refractivity contribution in [2.24, 2.45) is 0 Å². The SMILES string of the molecule is O=C1c2ccccc2C(=O)N1c1cc(Cl)ccc1Oc1ccc(Cl)cc1N1C(=O)c2ccccc2C1=O. The Bertz CT molecular complexity index is 1490. The van der Waals surface area contributed by atoms with Crippen molar-refractivity contribution in [3.63, 3.8) is 0 Å². The standard InChI is InChI=1S/C28H14Cl2N2O5/c29-15-9-11-23(21(13-15)31-25(33)17-5-1-2-6-18(17)26(31)34)37-24-12-10-16(30)14-22(24)32-27(35)19-7-3-4-8-20(19)28(32)36/h1-14H. The average molecular weight is 529 g/mol. The molecule has 2 aliphatic heterocycles. The molecule has 7 nitrogen and oxygen atoms in total. The predicted octanol–water partition coefficient (Wildman–Crippen LogP) is 6.39. The van der Waals surface area contributed by atoms with Crippen molar-refractivity contribution in [1.29, 1.82) is 0 Å². The van der Waals surface area contributed by atoms with Crippen molar-refractivity contribution >= 4 is 58.2 Å². The lowest BCUT2D eigenvalue weighted by atomic mass is 10.1. The smallest absolute Gasteiger partial charge is 0.266 e. The number of fused-ring (bicyclic) bond motifs is 2. The van der Waals surface area contributed by atoms with Crippen molar-refractivity contribution in [2.75, 3.05) is 9.80 Å². The number of ether oxygens (including phenoxy) is 1. The molecule has 0 fully saturated rings. The van der Waals surface area contributed by atoms with Gasteiger partial charge in [0.05, 0.1) is 33.6 Å². The zero-order chi connectivity index (χ0) is 25.8. The molecule has 0 saturated carbocycles. The highest BCUT2D eigenvalue weighted by atomic mass is 35.5. The zero-order valence-corrected chi connectivity index (χ0v) is 20.3. The Morgan fingerprint density at radius 2 is 0.811 bits per heavy atom. The second-order valence-corrected chi connectivity index (χ2v) is 9.18. The highest BCUT2D eigenvalue weighted by molar-refractivity contribution is 6.37. The zero-order valence-electron chi connectivity index (χ0n) is 18.8. The molecule has 0 aliphatic carbocycles. The summed E-state index contributed by atoms with van der Waals surface area (Å²) in [7, 11) is 0. The summed E-state index contributed by atoms with van der Waals surface area (Å²) in [6.45, 7) is 0. The maximum absolute atomic E-state index is 13.1. The summed E-state index contributed by atoms with van der Waals surface area (Å²) in [6.07, 6.45) is 0. The van der Waals surface area contributed by atoms with E-state index in [0.29, 0.717) is 0 Å². The molecule has 0 aromatic heterocycles. The lowest BCUT2D eigenvalue weighted by Crippen LogP contribution is -2.30. The van der Waals surface area contributed by atoms with Crippen LogP contribution in [0.25, 0.3) is 0 Å². The minimum absolute atomic E-state index is 0.110. The van der Waals surface area contributed by atoms with Crippen LogP contribution in [0.15, 0.2) is 84.9 Å². The van der Waals surface area contributed by atoms with E-state index >= 15 is 0 Å². The third-order valence-corrected chi connectivity index (χ3v) is 6.60. The van der Waals surface area contributed by atoms with Crippen molar-refractivity contribution in [3.05, 3.63) is 117 Å². The molecule has 4 aromatic rings. The van der Waals surface area contributed by atoms with Crippen LogP contribution in [0, 0.1) is 0 Å². The van der Waals surface area contributed by atoms with Crippen LogP contribution < -0.4 is 14.5 Å². The summed E-state index contributed by atoms with van der Waals surface area (Å²) in [4.78, 5) is 54.6. The van der Waals surface area contributed by atoms with Gasteiger partial charge in [-0.1, -0.05) is 47.5 Å². The van der Waals surface area contributed by atoms with Crippen LogP contribution in [0.3, 0.4) is 0 Å². The second kappa shape index (κ2) is 8.58. The number of amides is 4. The molecule has 0 spiro atoms. The fourth-order valence-corrected chi connectivity index (χ4v) is 4.77. The van der Waals surface area contributed by atoms with E-state index in [1.54, 1.807) is 48.5 Å². The predicted molar refractivity (Wildman–Crippen MR) is 138 cm³/mol. The van der Waals surface area contributed by atoms with Gasteiger partial charge in [-0.3, -0.25) is 19.2 Å². The monoisotopic (exact) mass is 528 g/mol. The van der Waals surface area contributed by atoms with E-state index in [2.05, 4.69) is 0 Å². The summed E-state index contributed by atoms with van der Waals surface area (Å²) in [5.74, 6) is -1.87. The number of halogens is 2. The average Bonchev–Trinajstić information content (AvgIpc) is 3.30. The molecule has 2 heterocycles. The summed E-state index contributed by atoms with van der Waals surface area (Å²) >= 11 is 12.5. The topological polar surface area (TPSA) is 84.0 Å². The molecule has 4 aromatic carbocycles. The Labute approximate surface area is 220 Å². The Morgan fingerprint density at radius 3 is 1.14 bits per heavy atom. The minimum atomic E-state index is -0.524. The first-order valence-electron chi connectivity index (χ1n) is 11.1. The van der Waals surface area contributed by atoms with E-state index in [1.165, 1.54) is 36.4 Å². The molecule has 9 heteroatoms. The fraction of sp³-hybridized carbons (Fsp3) is 0.